The van der Waals surface area contributed by atoms with Gasteiger partial charge in [-0.2, -0.15) is 5.26 Å². The van der Waals surface area contributed by atoms with Gasteiger partial charge in [0.2, 0.25) is 0 Å². The van der Waals surface area contributed by atoms with Crippen LogP contribution in [0.4, 0.5) is 0 Å². The Morgan fingerprint density at radius 1 is 1.22 bits per heavy atom. The number of hydrogen-bond donors (Lipinski definition) is 0. The number of nitrogens with zero attached hydrogens (tertiary/aromatic N) is 1. The van der Waals surface area contributed by atoms with E-state index in [9.17, 15) is 10.1 Å². The molecule has 1 aromatic rings. The molecule has 1 saturated carbocycles. The van der Waals surface area contributed by atoms with Gasteiger partial charge in [0.05, 0.1) is 6.07 Å². The topological polar surface area (TPSA) is 40.9 Å². The molecule has 94 valence electrons. The highest BCUT2D eigenvalue weighted by molar-refractivity contribution is 5.88. The van der Waals surface area contributed by atoms with Crippen LogP contribution in [0.2, 0.25) is 0 Å². The van der Waals surface area contributed by atoms with Crippen LogP contribution in [0.3, 0.4) is 0 Å². The molecule has 2 rings (SSSR count). The predicted molar refractivity (Wildman–Crippen MR) is 70.9 cm³/mol. The van der Waals surface area contributed by atoms with Crippen molar-refractivity contribution in [3.8, 4) is 6.07 Å². The predicted octanol–water partition coefficient (Wildman–Crippen LogP) is 3.66. The van der Waals surface area contributed by atoms with E-state index in [-0.39, 0.29) is 5.78 Å². The number of carbonyl (C=O) groups excluding carboxylic acids is 1. The Morgan fingerprint density at radius 2 is 2.00 bits per heavy atom. The number of hydrogen-bond acceptors (Lipinski definition) is 2. The molecule has 2 heteroatoms. The van der Waals surface area contributed by atoms with Crippen molar-refractivity contribution in [3.63, 3.8) is 0 Å². The minimum absolute atomic E-state index is 0.171. The number of benzene rings is 1. The fourth-order valence-electron chi connectivity index (χ4n) is 2.77. The molecule has 0 aromatic heterocycles. The molecular weight excluding hydrogens is 222 g/mol. The van der Waals surface area contributed by atoms with Crippen LogP contribution in [-0.4, -0.2) is 5.78 Å². The first-order valence-electron chi connectivity index (χ1n) is 6.75. The molecule has 18 heavy (non-hydrogen) atoms. The fourth-order valence-corrected chi connectivity index (χ4v) is 2.77. The van der Waals surface area contributed by atoms with Gasteiger partial charge in [-0.05, 0) is 37.7 Å². The van der Waals surface area contributed by atoms with Crippen molar-refractivity contribution in [1.82, 2.24) is 0 Å². The van der Waals surface area contributed by atoms with Gasteiger partial charge in [0, 0.05) is 6.42 Å². The Morgan fingerprint density at radius 3 is 2.67 bits per heavy atom. The highest BCUT2D eigenvalue weighted by Gasteiger charge is 2.39. The maximum Gasteiger partial charge on any atom is 0.153 e. The molecule has 0 heterocycles. The SMILES string of the molecule is N#CC1(CCCc2ccccc2)CCCCC1=O. The van der Waals surface area contributed by atoms with Gasteiger partial charge >= 0.3 is 0 Å². The quantitative estimate of drug-likeness (QED) is 0.807. The van der Waals surface area contributed by atoms with E-state index < -0.39 is 5.41 Å². The summed E-state index contributed by atoms with van der Waals surface area (Å²) >= 11 is 0. The minimum Gasteiger partial charge on any atom is -0.298 e. The van der Waals surface area contributed by atoms with Gasteiger partial charge in [0.15, 0.2) is 5.78 Å². The van der Waals surface area contributed by atoms with Crippen molar-refractivity contribution in [1.29, 1.82) is 5.26 Å². The van der Waals surface area contributed by atoms with Crippen LogP contribution in [0.1, 0.15) is 44.1 Å². The molecule has 0 aliphatic heterocycles. The summed E-state index contributed by atoms with van der Waals surface area (Å²) in [5, 5.41) is 9.34. The van der Waals surface area contributed by atoms with Crippen LogP contribution in [0.15, 0.2) is 30.3 Å². The molecule has 1 aliphatic rings. The van der Waals surface area contributed by atoms with Gasteiger partial charge in [0.25, 0.3) is 0 Å². The van der Waals surface area contributed by atoms with Crippen molar-refractivity contribution in [3.05, 3.63) is 35.9 Å². The van der Waals surface area contributed by atoms with Crippen LogP contribution in [0.25, 0.3) is 0 Å². The normalized spacial score (nSPS) is 23.6. The Hall–Kier alpha value is -1.62. The van der Waals surface area contributed by atoms with E-state index in [1.807, 2.05) is 18.2 Å². The van der Waals surface area contributed by atoms with E-state index >= 15 is 0 Å². The monoisotopic (exact) mass is 241 g/mol. The van der Waals surface area contributed by atoms with Crippen LogP contribution in [0, 0.1) is 16.7 Å². The maximum absolute atomic E-state index is 12.0. The average Bonchev–Trinajstić information content (AvgIpc) is 2.42. The number of nitriles is 1. The summed E-state index contributed by atoms with van der Waals surface area (Å²) in [5.41, 5.74) is 0.612. The molecule has 0 saturated heterocycles. The molecule has 1 aromatic carbocycles. The lowest BCUT2D eigenvalue weighted by Crippen LogP contribution is -2.32. The van der Waals surface area contributed by atoms with Crippen LogP contribution < -0.4 is 0 Å². The second-order valence-corrected chi connectivity index (χ2v) is 5.16. The summed E-state index contributed by atoms with van der Waals surface area (Å²) in [5.74, 6) is 0.171. The number of rotatable bonds is 4. The van der Waals surface area contributed by atoms with Crippen molar-refractivity contribution in [2.24, 2.45) is 5.41 Å². The largest absolute Gasteiger partial charge is 0.298 e. The Bertz CT molecular complexity index is 446. The van der Waals surface area contributed by atoms with Crippen molar-refractivity contribution in [2.75, 3.05) is 0 Å². The lowest BCUT2D eigenvalue weighted by Gasteiger charge is -2.29. The number of ketones is 1. The lowest BCUT2D eigenvalue weighted by molar-refractivity contribution is -0.128. The molecule has 1 unspecified atom stereocenters. The van der Waals surface area contributed by atoms with Gasteiger partial charge in [-0.25, -0.2) is 0 Å². The lowest BCUT2D eigenvalue weighted by atomic mass is 9.71. The van der Waals surface area contributed by atoms with Gasteiger partial charge < -0.3 is 0 Å². The fraction of sp³-hybridized carbons (Fsp3) is 0.500. The van der Waals surface area contributed by atoms with E-state index in [1.54, 1.807) is 0 Å². The first kappa shape index (κ1) is 12.8. The Balaban J connectivity index is 1.92. The zero-order valence-corrected chi connectivity index (χ0v) is 10.7. The summed E-state index contributed by atoms with van der Waals surface area (Å²) in [6, 6.07) is 12.6. The zero-order valence-electron chi connectivity index (χ0n) is 10.7. The van der Waals surface area contributed by atoms with Crippen LogP contribution in [0.5, 0.6) is 0 Å². The number of carbonyl (C=O) groups is 1. The summed E-state index contributed by atoms with van der Waals surface area (Å²) < 4.78 is 0. The molecule has 1 fully saturated rings. The van der Waals surface area contributed by atoms with E-state index in [0.29, 0.717) is 6.42 Å². The van der Waals surface area contributed by atoms with Crippen molar-refractivity contribution < 1.29 is 4.79 Å². The van der Waals surface area contributed by atoms with Gasteiger partial charge in [0.1, 0.15) is 5.41 Å². The molecule has 0 spiro atoms. The van der Waals surface area contributed by atoms with Crippen LogP contribution in [-0.2, 0) is 11.2 Å². The molecular formula is C16H19NO. The second-order valence-electron chi connectivity index (χ2n) is 5.16. The van der Waals surface area contributed by atoms with Gasteiger partial charge in [-0.3, -0.25) is 4.79 Å². The standard InChI is InChI=1S/C16H19NO/c17-13-16(11-5-4-10-15(16)18)12-6-9-14-7-2-1-3-8-14/h1-3,7-8H,4-6,9-12H2. The molecule has 0 amide bonds. The van der Waals surface area contributed by atoms with E-state index in [0.717, 1.165) is 38.5 Å². The molecule has 0 radical (unpaired) electrons. The highest BCUT2D eigenvalue weighted by atomic mass is 16.1. The second kappa shape index (κ2) is 5.82. The third kappa shape index (κ3) is 2.79. The zero-order chi connectivity index (χ0) is 12.8. The third-order valence-electron chi connectivity index (χ3n) is 3.92. The summed E-state index contributed by atoms with van der Waals surface area (Å²) in [7, 11) is 0. The van der Waals surface area contributed by atoms with Crippen molar-refractivity contribution in [2.45, 2.75) is 44.9 Å². The van der Waals surface area contributed by atoms with E-state index in [4.69, 9.17) is 0 Å². The van der Waals surface area contributed by atoms with Crippen LogP contribution >= 0.6 is 0 Å². The van der Waals surface area contributed by atoms with E-state index in [1.165, 1.54) is 5.56 Å². The first-order valence-corrected chi connectivity index (χ1v) is 6.75. The van der Waals surface area contributed by atoms with E-state index in [2.05, 4.69) is 18.2 Å². The minimum atomic E-state index is -0.674. The Kier molecular flexibility index (Phi) is 4.15. The maximum atomic E-state index is 12.0. The Labute approximate surface area is 109 Å². The summed E-state index contributed by atoms with van der Waals surface area (Å²) in [6.07, 6.45) is 5.93. The average molecular weight is 241 g/mol. The number of aryl methyl sites for hydroxylation is 1. The number of Topliss-reactive ketones (excluding diaryl/α,β-unsaturated/α-hetero) is 1. The molecule has 1 atom stereocenters. The van der Waals surface area contributed by atoms with Gasteiger partial charge in [-0.1, -0.05) is 36.8 Å². The smallest absolute Gasteiger partial charge is 0.153 e. The third-order valence-corrected chi connectivity index (χ3v) is 3.92. The molecule has 0 bridgehead atoms. The summed E-state index contributed by atoms with van der Waals surface area (Å²) in [6.45, 7) is 0. The molecule has 2 nitrogen and oxygen atoms in total. The summed E-state index contributed by atoms with van der Waals surface area (Å²) in [4.78, 5) is 12.0. The van der Waals surface area contributed by atoms with Gasteiger partial charge in [-0.15, -0.1) is 0 Å². The molecule has 0 N–H and O–H groups in total. The first-order chi connectivity index (χ1) is 8.77. The highest BCUT2D eigenvalue weighted by Crippen LogP contribution is 2.37. The molecule has 1 aliphatic carbocycles. The van der Waals surface area contributed by atoms with Crippen molar-refractivity contribution >= 4 is 5.78 Å².